The van der Waals surface area contributed by atoms with E-state index in [4.69, 9.17) is 10.5 Å². The molecule has 0 saturated carbocycles. The number of nitrogen functional groups attached to an aromatic ring is 1. The second kappa shape index (κ2) is 7.90. The van der Waals surface area contributed by atoms with Crippen LogP contribution < -0.4 is 15.9 Å². The van der Waals surface area contributed by atoms with Crippen molar-refractivity contribution in [3.63, 3.8) is 0 Å². The van der Waals surface area contributed by atoms with Crippen LogP contribution >= 0.6 is 11.3 Å². The zero-order valence-electron chi connectivity index (χ0n) is 15.0. The Bertz CT molecular complexity index is 1150. The van der Waals surface area contributed by atoms with E-state index in [-0.39, 0.29) is 17.3 Å². The van der Waals surface area contributed by atoms with Crippen molar-refractivity contribution in [3.8, 4) is 22.1 Å². The van der Waals surface area contributed by atoms with Gasteiger partial charge in [0.15, 0.2) is 5.69 Å². The first-order valence-electron chi connectivity index (χ1n) is 8.23. The van der Waals surface area contributed by atoms with E-state index >= 15 is 0 Å². The number of nitrogens with zero attached hydrogens (tertiary/aromatic N) is 6. The van der Waals surface area contributed by atoms with E-state index in [0.717, 1.165) is 16.2 Å². The first-order chi connectivity index (χ1) is 14.2. The quantitative estimate of drug-likeness (QED) is 0.361. The average molecular weight is 410 g/mol. The van der Waals surface area contributed by atoms with Crippen LogP contribution in [0.5, 0.6) is 5.75 Å². The van der Waals surface area contributed by atoms with Crippen molar-refractivity contribution in [1.82, 2.24) is 30.7 Å². The lowest BCUT2D eigenvalue weighted by molar-refractivity contribution is 0.0951. The topological polar surface area (TPSA) is 146 Å². The van der Waals surface area contributed by atoms with Gasteiger partial charge in [0.25, 0.3) is 5.91 Å². The van der Waals surface area contributed by atoms with Crippen LogP contribution in [0, 0.1) is 0 Å². The van der Waals surface area contributed by atoms with Crippen LogP contribution in [0.25, 0.3) is 16.4 Å². The molecule has 0 spiro atoms. The lowest BCUT2D eigenvalue weighted by Crippen LogP contribution is -2.19. The first kappa shape index (κ1) is 18.3. The molecular formula is C17H14N8O3S. The molecule has 146 valence electrons. The molecule has 0 radical (unpaired) electrons. The van der Waals surface area contributed by atoms with Crippen LogP contribution in [-0.2, 0) is 0 Å². The zero-order valence-corrected chi connectivity index (χ0v) is 15.8. The maximum absolute atomic E-state index is 12.7. The number of hydrazone groups is 1. The summed E-state index contributed by atoms with van der Waals surface area (Å²) in [6.45, 7) is 0. The van der Waals surface area contributed by atoms with Gasteiger partial charge in [-0.15, -0.1) is 16.4 Å². The predicted octanol–water partition coefficient (Wildman–Crippen LogP) is 1.73. The Hall–Kier alpha value is -4.06. The largest absolute Gasteiger partial charge is 0.497 e. The van der Waals surface area contributed by atoms with E-state index in [1.807, 2.05) is 29.6 Å². The van der Waals surface area contributed by atoms with Gasteiger partial charge in [0, 0.05) is 0 Å². The number of amides is 1. The molecule has 1 amide bonds. The highest BCUT2D eigenvalue weighted by Gasteiger charge is 2.25. The summed E-state index contributed by atoms with van der Waals surface area (Å²) >= 11 is 1.40. The molecule has 3 heterocycles. The highest BCUT2D eigenvalue weighted by atomic mass is 32.1. The number of carbonyl (C=O) groups is 1. The molecule has 11 nitrogen and oxygen atoms in total. The summed E-state index contributed by atoms with van der Waals surface area (Å²) in [5, 5.41) is 21.1. The maximum atomic E-state index is 12.7. The lowest BCUT2D eigenvalue weighted by Gasteiger charge is -2.03. The van der Waals surface area contributed by atoms with Crippen molar-refractivity contribution in [2.45, 2.75) is 0 Å². The summed E-state index contributed by atoms with van der Waals surface area (Å²) in [5.74, 6) is 0.350. The van der Waals surface area contributed by atoms with Gasteiger partial charge in [-0.25, -0.2) is 10.1 Å². The minimum atomic E-state index is -0.542. The number of nitrogens with two attached hydrogens (primary N) is 1. The molecule has 0 aliphatic carbocycles. The Morgan fingerprint density at radius 3 is 2.79 bits per heavy atom. The van der Waals surface area contributed by atoms with Gasteiger partial charge in [0.05, 0.1) is 18.2 Å². The fourth-order valence-corrected chi connectivity index (χ4v) is 3.22. The number of carbonyl (C=O) groups excluding carboxylic acids is 1. The minimum Gasteiger partial charge on any atom is -0.497 e. The Balaban J connectivity index is 1.60. The number of nitrogens with one attached hydrogen (secondary N) is 1. The molecule has 4 rings (SSSR count). The van der Waals surface area contributed by atoms with Gasteiger partial charge in [-0.05, 0) is 51.6 Å². The summed E-state index contributed by atoms with van der Waals surface area (Å²) in [7, 11) is 1.59. The zero-order chi connectivity index (χ0) is 20.2. The van der Waals surface area contributed by atoms with Crippen molar-refractivity contribution in [3.05, 3.63) is 53.0 Å². The second-order valence-corrected chi connectivity index (χ2v) is 6.57. The number of aromatic nitrogens is 5. The van der Waals surface area contributed by atoms with Gasteiger partial charge in [0.2, 0.25) is 11.6 Å². The molecule has 0 aliphatic heterocycles. The molecule has 1 aromatic carbocycles. The number of methoxy groups -OCH3 is 1. The average Bonchev–Trinajstić information content (AvgIpc) is 3.48. The van der Waals surface area contributed by atoms with E-state index in [0.29, 0.717) is 5.69 Å². The Morgan fingerprint density at radius 2 is 2.14 bits per heavy atom. The Morgan fingerprint density at radius 1 is 1.31 bits per heavy atom. The highest BCUT2D eigenvalue weighted by molar-refractivity contribution is 7.13. The van der Waals surface area contributed by atoms with Gasteiger partial charge in [-0.3, -0.25) is 4.79 Å². The first-order valence-corrected chi connectivity index (χ1v) is 9.11. The Labute approximate surface area is 167 Å². The standard InChI is InChI=1S/C17H14N8O3S/c1-27-11-6-4-10(5-7-11)9-19-21-17(26)13-14(12-3-2-8-29-12)25(24-20-13)16-15(18)22-28-23-16/h2-9H,1H3,(H2,18,22)(H,21,26). The molecule has 0 saturated heterocycles. The van der Waals surface area contributed by atoms with E-state index in [9.17, 15) is 4.79 Å². The third-order valence-electron chi connectivity index (χ3n) is 3.83. The Kier molecular flexibility index (Phi) is 4.99. The minimum absolute atomic E-state index is 0.0252. The van der Waals surface area contributed by atoms with E-state index in [2.05, 4.69) is 35.8 Å². The second-order valence-electron chi connectivity index (χ2n) is 5.62. The van der Waals surface area contributed by atoms with Crippen LogP contribution in [0.15, 0.2) is 51.5 Å². The number of anilines is 1. The highest BCUT2D eigenvalue weighted by Crippen LogP contribution is 2.29. The summed E-state index contributed by atoms with van der Waals surface area (Å²) in [5.41, 5.74) is 9.46. The van der Waals surface area contributed by atoms with Gasteiger partial charge >= 0.3 is 0 Å². The van der Waals surface area contributed by atoms with E-state index < -0.39 is 5.91 Å². The summed E-state index contributed by atoms with van der Waals surface area (Å²) in [4.78, 5) is 13.4. The molecule has 0 aliphatic rings. The number of hydrogen-bond donors (Lipinski definition) is 2. The molecule has 12 heteroatoms. The lowest BCUT2D eigenvalue weighted by atomic mass is 10.2. The van der Waals surface area contributed by atoms with Crippen LogP contribution in [0.2, 0.25) is 0 Å². The van der Waals surface area contributed by atoms with Gasteiger partial charge in [-0.1, -0.05) is 11.3 Å². The van der Waals surface area contributed by atoms with Crippen molar-refractivity contribution in [2.75, 3.05) is 12.8 Å². The summed E-state index contributed by atoms with van der Waals surface area (Å²) in [6, 6.07) is 10.9. The maximum Gasteiger partial charge on any atom is 0.294 e. The van der Waals surface area contributed by atoms with Crippen molar-refractivity contribution in [2.24, 2.45) is 5.10 Å². The number of ether oxygens (including phenoxy) is 1. The number of hydrogen-bond acceptors (Lipinski definition) is 10. The van der Waals surface area contributed by atoms with Crippen molar-refractivity contribution in [1.29, 1.82) is 0 Å². The molecule has 0 atom stereocenters. The fraction of sp³-hybridized carbons (Fsp3) is 0.0588. The molecular weight excluding hydrogens is 396 g/mol. The molecule has 29 heavy (non-hydrogen) atoms. The van der Waals surface area contributed by atoms with Gasteiger partial charge in [-0.2, -0.15) is 9.78 Å². The van der Waals surface area contributed by atoms with Crippen LogP contribution in [-0.4, -0.2) is 44.5 Å². The van der Waals surface area contributed by atoms with E-state index in [1.165, 1.54) is 22.2 Å². The molecule has 3 N–H and O–H groups in total. The molecule has 4 aromatic rings. The van der Waals surface area contributed by atoms with Crippen LogP contribution in [0.3, 0.4) is 0 Å². The molecule has 3 aromatic heterocycles. The molecule has 0 unspecified atom stereocenters. The summed E-state index contributed by atoms with van der Waals surface area (Å²) in [6.07, 6.45) is 1.51. The van der Waals surface area contributed by atoms with Gasteiger partial charge in [0.1, 0.15) is 11.4 Å². The van der Waals surface area contributed by atoms with Gasteiger partial charge < -0.3 is 10.5 Å². The molecule has 0 bridgehead atoms. The summed E-state index contributed by atoms with van der Waals surface area (Å²) < 4.78 is 11.0. The van der Waals surface area contributed by atoms with Crippen molar-refractivity contribution >= 4 is 29.3 Å². The predicted molar refractivity (Wildman–Crippen MR) is 105 cm³/mol. The van der Waals surface area contributed by atoms with E-state index in [1.54, 1.807) is 19.2 Å². The number of thiophene rings is 1. The molecule has 0 fully saturated rings. The van der Waals surface area contributed by atoms with Crippen LogP contribution in [0.4, 0.5) is 5.82 Å². The fourth-order valence-electron chi connectivity index (χ4n) is 2.46. The van der Waals surface area contributed by atoms with Crippen LogP contribution in [0.1, 0.15) is 16.1 Å². The monoisotopic (exact) mass is 410 g/mol. The third-order valence-corrected chi connectivity index (χ3v) is 4.71. The smallest absolute Gasteiger partial charge is 0.294 e. The SMILES string of the molecule is COc1ccc(C=NNC(=O)c2nnn(-c3nonc3N)c2-c2cccs2)cc1. The number of benzene rings is 1. The normalized spacial score (nSPS) is 11.1. The van der Waals surface area contributed by atoms with Crippen molar-refractivity contribution < 1.29 is 14.2 Å². The number of rotatable bonds is 6. The third kappa shape index (κ3) is 3.68.